The van der Waals surface area contributed by atoms with Gasteiger partial charge in [0.1, 0.15) is 4.34 Å². The molecule has 0 radical (unpaired) electrons. The van der Waals surface area contributed by atoms with Gasteiger partial charge in [-0.15, -0.1) is 22.7 Å². The van der Waals surface area contributed by atoms with Crippen LogP contribution in [0.4, 0.5) is 0 Å². The van der Waals surface area contributed by atoms with Gasteiger partial charge < -0.3 is 0 Å². The smallest absolute Gasteiger partial charge is 0.205 e. The van der Waals surface area contributed by atoms with Crippen LogP contribution in [0.3, 0.4) is 0 Å². The Bertz CT molecular complexity index is 542. The van der Waals surface area contributed by atoms with Crippen LogP contribution in [0.2, 0.25) is 8.67 Å². The summed E-state index contributed by atoms with van der Waals surface area (Å²) in [5, 5.41) is 0. The summed E-state index contributed by atoms with van der Waals surface area (Å²) < 4.78 is 2.69. The molecule has 0 amide bonds. The monoisotopic (exact) mass is 418 g/mol. The van der Waals surface area contributed by atoms with Crippen molar-refractivity contribution in [2.45, 2.75) is 0 Å². The van der Waals surface area contributed by atoms with E-state index in [1.54, 1.807) is 12.1 Å². The van der Waals surface area contributed by atoms with Crippen LogP contribution in [0.25, 0.3) is 0 Å². The molecule has 2 aromatic heterocycles. The van der Waals surface area contributed by atoms with Crippen molar-refractivity contribution in [1.29, 1.82) is 0 Å². The summed E-state index contributed by atoms with van der Waals surface area (Å²) in [6.45, 7) is 0. The van der Waals surface area contributed by atoms with Crippen molar-refractivity contribution in [3.8, 4) is 0 Å². The van der Waals surface area contributed by atoms with Crippen LogP contribution in [0.5, 0.6) is 0 Å². The minimum atomic E-state index is -0.107. The maximum Gasteiger partial charge on any atom is 0.205 e. The van der Waals surface area contributed by atoms with E-state index in [1.807, 2.05) is 0 Å². The molecule has 0 aliphatic rings. The Morgan fingerprint density at radius 2 is 1.88 bits per heavy atom. The minimum Gasteiger partial charge on any atom is -0.288 e. The first kappa shape index (κ1) is 13.1. The largest absolute Gasteiger partial charge is 0.288 e. The van der Waals surface area contributed by atoms with Crippen molar-refractivity contribution in [3.63, 3.8) is 0 Å². The van der Waals surface area contributed by atoms with Gasteiger partial charge in [0.2, 0.25) is 5.78 Å². The predicted molar refractivity (Wildman–Crippen MR) is 77.5 cm³/mol. The van der Waals surface area contributed by atoms with E-state index in [4.69, 9.17) is 23.2 Å². The molecule has 1 nitrogen and oxygen atoms in total. The number of carbonyl (C=O) groups excluding carboxylic acids is 1. The first-order chi connectivity index (χ1) is 7.49. The second-order valence-electron chi connectivity index (χ2n) is 2.80. The third-order valence-corrected chi connectivity index (χ3v) is 6.51. The Labute approximate surface area is 127 Å². The summed E-state index contributed by atoms with van der Waals surface area (Å²) in [5.41, 5.74) is 0.456. The molecule has 16 heavy (non-hydrogen) atoms. The zero-order valence-electron chi connectivity index (χ0n) is 7.39. The lowest BCUT2D eigenvalue weighted by molar-refractivity contribution is 0.104. The normalized spacial score (nSPS) is 10.8. The predicted octanol–water partition coefficient (Wildman–Crippen LogP) is 5.87. The van der Waals surface area contributed by atoms with Crippen molar-refractivity contribution in [1.82, 2.24) is 0 Å². The van der Waals surface area contributed by atoms with E-state index in [1.165, 1.54) is 22.7 Å². The van der Waals surface area contributed by atoms with Crippen LogP contribution < -0.4 is 0 Å². The summed E-state index contributed by atoms with van der Waals surface area (Å²) in [6.07, 6.45) is 0. The number of carbonyl (C=O) groups is 1. The average Bonchev–Trinajstić information content (AvgIpc) is 2.70. The quantitative estimate of drug-likeness (QED) is 0.555. The number of halogens is 4. The minimum absolute atomic E-state index is 0.107. The van der Waals surface area contributed by atoms with Crippen LogP contribution in [0, 0.1) is 0 Å². The van der Waals surface area contributed by atoms with Crippen LogP contribution in [-0.4, -0.2) is 5.78 Å². The lowest BCUT2D eigenvalue weighted by atomic mass is 10.2. The fraction of sp³-hybridized carbons (Fsp3) is 0. The molecule has 0 N–H and O–H groups in total. The van der Waals surface area contributed by atoms with E-state index in [9.17, 15) is 4.79 Å². The number of rotatable bonds is 2. The van der Waals surface area contributed by atoms with Gasteiger partial charge in [-0.05, 0) is 44.0 Å². The van der Waals surface area contributed by atoms with Gasteiger partial charge in [-0.2, -0.15) is 0 Å². The molecule has 7 heteroatoms. The first-order valence-electron chi connectivity index (χ1n) is 3.93. The van der Waals surface area contributed by atoms with Gasteiger partial charge >= 0.3 is 0 Å². The zero-order chi connectivity index (χ0) is 11.9. The van der Waals surface area contributed by atoms with Gasteiger partial charge in [0.15, 0.2) is 0 Å². The fourth-order valence-corrected chi connectivity index (χ4v) is 4.53. The molecule has 2 heterocycles. The number of ketones is 1. The molecule has 0 unspecified atom stereocenters. The average molecular weight is 421 g/mol. The van der Waals surface area contributed by atoms with Crippen molar-refractivity contribution in [3.05, 3.63) is 39.5 Å². The van der Waals surface area contributed by atoms with Gasteiger partial charge in [0.25, 0.3) is 0 Å². The molecule has 0 aliphatic heterocycles. The third kappa shape index (κ3) is 2.54. The molecule has 0 saturated carbocycles. The zero-order valence-corrected chi connectivity index (χ0v) is 13.7. The summed E-state index contributed by atoms with van der Waals surface area (Å²) >= 11 is 21.0. The Morgan fingerprint density at radius 3 is 2.31 bits per heavy atom. The topological polar surface area (TPSA) is 17.1 Å². The Morgan fingerprint density at radius 1 is 1.19 bits per heavy atom. The lowest BCUT2D eigenvalue weighted by Crippen LogP contribution is -1.96. The van der Waals surface area contributed by atoms with E-state index >= 15 is 0 Å². The second-order valence-corrected chi connectivity index (χ2v) is 8.31. The maximum absolute atomic E-state index is 12.1. The van der Waals surface area contributed by atoms with E-state index in [2.05, 4.69) is 31.9 Å². The number of hydrogen-bond donors (Lipinski definition) is 0. The first-order valence-corrected chi connectivity index (χ1v) is 7.91. The van der Waals surface area contributed by atoms with Gasteiger partial charge in [0.05, 0.1) is 18.6 Å². The summed E-state index contributed by atoms with van der Waals surface area (Å²) in [4.78, 5) is 12.7. The van der Waals surface area contributed by atoms with Crippen LogP contribution >= 0.6 is 77.7 Å². The third-order valence-electron chi connectivity index (χ3n) is 1.77. The van der Waals surface area contributed by atoms with Crippen LogP contribution in [0.1, 0.15) is 15.2 Å². The molecule has 0 spiro atoms. The summed E-state index contributed by atoms with van der Waals surface area (Å²) in [5.74, 6) is -0.107. The Kier molecular flexibility index (Phi) is 4.14. The highest BCUT2D eigenvalue weighted by Crippen LogP contribution is 2.37. The van der Waals surface area contributed by atoms with Crippen LogP contribution in [0.15, 0.2) is 20.4 Å². The van der Waals surface area contributed by atoms with Crippen molar-refractivity contribution < 1.29 is 4.79 Å². The molecule has 0 aliphatic carbocycles. The van der Waals surface area contributed by atoms with Crippen molar-refractivity contribution in [2.75, 3.05) is 0 Å². The molecule has 0 fully saturated rings. The molecular formula is C9H2Br2Cl2OS2. The molecule has 0 saturated heterocycles. The number of thiophene rings is 2. The maximum atomic E-state index is 12.1. The molecule has 84 valence electrons. The van der Waals surface area contributed by atoms with Gasteiger partial charge in [-0.1, -0.05) is 23.2 Å². The molecule has 0 bridgehead atoms. The van der Waals surface area contributed by atoms with Gasteiger partial charge in [-0.25, -0.2) is 0 Å². The Hall–Kier alpha value is 0.610. The summed E-state index contributed by atoms with van der Waals surface area (Å²) in [7, 11) is 0. The van der Waals surface area contributed by atoms with E-state index in [0.29, 0.717) is 19.1 Å². The Balaban J connectivity index is 2.42. The lowest BCUT2D eigenvalue weighted by Gasteiger charge is -1.93. The molecule has 0 aromatic carbocycles. The van der Waals surface area contributed by atoms with E-state index in [-0.39, 0.29) is 5.78 Å². The highest BCUT2D eigenvalue weighted by atomic mass is 79.9. The van der Waals surface area contributed by atoms with E-state index < -0.39 is 0 Å². The van der Waals surface area contributed by atoms with Gasteiger partial charge in [0, 0.05) is 4.47 Å². The highest BCUT2D eigenvalue weighted by Gasteiger charge is 2.19. The standard InChI is InChI=1S/C9H2Br2Cl2OS2/c10-4-2-5(15-8(4)11)7(14)3-1-6(12)16-9(3)13/h1-2H. The van der Waals surface area contributed by atoms with Crippen molar-refractivity contribution >= 4 is 83.5 Å². The van der Waals surface area contributed by atoms with Crippen molar-refractivity contribution in [2.24, 2.45) is 0 Å². The highest BCUT2D eigenvalue weighted by molar-refractivity contribution is 9.13. The molecular weight excluding hydrogens is 419 g/mol. The van der Waals surface area contributed by atoms with E-state index in [0.717, 1.165) is 8.26 Å². The molecule has 2 rings (SSSR count). The number of hydrogen-bond acceptors (Lipinski definition) is 3. The van der Waals surface area contributed by atoms with Gasteiger partial charge in [-0.3, -0.25) is 4.79 Å². The summed E-state index contributed by atoms with van der Waals surface area (Å²) in [6, 6.07) is 3.36. The SMILES string of the molecule is O=C(c1cc(Br)c(Br)s1)c1cc(Cl)sc1Cl. The fourth-order valence-electron chi connectivity index (χ4n) is 1.09. The second kappa shape index (κ2) is 5.08. The molecule has 0 atom stereocenters. The molecule has 2 aromatic rings. The van der Waals surface area contributed by atoms with Crippen LogP contribution in [-0.2, 0) is 0 Å².